The summed E-state index contributed by atoms with van der Waals surface area (Å²) in [6, 6.07) is 12.5. The second-order valence-electron chi connectivity index (χ2n) is 4.13. The average molecular weight is 362 g/mol. The molecule has 0 radical (unpaired) electrons. The highest BCUT2D eigenvalue weighted by Crippen LogP contribution is 2.29. The molecule has 0 saturated carbocycles. The summed E-state index contributed by atoms with van der Waals surface area (Å²) in [6.07, 6.45) is 0. The van der Waals surface area contributed by atoms with E-state index in [1.807, 2.05) is 24.3 Å². The van der Waals surface area contributed by atoms with Crippen LogP contribution in [0, 0.1) is 0 Å². The maximum atomic E-state index is 11.1. The van der Waals surface area contributed by atoms with Crippen LogP contribution < -0.4 is 0 Å². The van der Waals surface area contributed by atoms with E-state index < -0.39 is 5.97 Å². The lowest BCUT2D eigenvalue weighted by Gasteiger charge is -2.04. The Labute approximate surface area is 132 Å². The molecule has 0 fully saturated rings. The molecule has 1 N–H and O–H groups in total. The van der Waals surface area contributed by atoms with E-state index in [0.29, 0.717) is 9.63 Å². The van der Waals surface area contributed by atoms with Crippen LogP contribution in [0.15, 0.2) is 57.0 Å². The number of hydrogen-bond acceptors (Lipinski definition) is 5. The molecule has 0 atom stereocenters. The zero-order valence-corrected chi connectivity index (χ0v) is 12.9. The number of fused-ring (bicyclic) bond motifs is 1. The van der Waals surface area contributed by atoms with Crippen molar-refractivity contribution in [2.75, 3.05) is 0 Å². The maximum absolute atomic E-state index is 11.1. The molecule has 7 heteroatoms. The first-order valence-corrected chi connectivity index (χ1v) is 7.54. The van der Waals surface area contributed by atoms with E-state index in [4.69, 9.17) is 5.11 Å². The predicted octanol–water partition coefficient (Wildman–Crippen LogP) is 3.64. The minimum Gasteiger partial charge on any atom is -0.478 e. The van der Waals surface area contributed by atoms with Crippen molar-refractivity contribution in [2.45, 2.75) is 10.1 Å². The summed E-state index contributed by atoms with van der Waals surface area (Å²) in [4.78, 5) is 16.3. The Morgan fingerprint density at radius 2 is 1.86 bits per heavy atom. The van der Waals surface area contributed by atoms with Crippen molar-refractivity contribution in [1.82, 2.24) is 15.2 Å². The normalized spacial score (nSPS) is 10.7. The zero-order chi connectivity index (χ0) is 14.8. The Hall–Kier alpha value is -1.99. The first kappa shape index (κ1) is 14.0. The van der Waals surface area contributed by atoms with E-state index in [0.717, 1.165) is 15.9 Å². The molecule has 1 aromatic heterocycles. The minimum absolute atomic E-state index is 0.203. The highest BCUT2D eigenvalue weighted by atomic mass is 79.9. The third-order valence-electron chi connectivity index (χ3n) is 2.72. The van der Waals surface area contributed by atoms with Crippen LogP contribution in [0.3, 0.4) is 0 Å². The molecule has 3 rings (SSSR count). The van der Waals surface area contributed by atoms with Gasteiger partial charge in [0.25, 0.3) is 0 Å². The second kappa shape index (κ2) is 5.79. The van der Waals surface area contributed by atoms with Gasteiger partial charge < -0.3 is 5.11 Å². The lowest BCUT2D eigenvalue weighted by atomic mass is 10.2. The summed E-state index contributed by atoms with van der Waals surface area (Å²) in [7, 11) is 0. The van der Waals surface area contributed by atoms with Gasteiger partial charge in [-0.2, -0.15) is 0 Å². The molecule has 2 aromatic carbocycles. The fraction of sp³-hybridized carbons (Fsp3) is 0. The molecule has 3 aromatic rings. The Bertz CT molecular complexity index is 841. The number of para-hydroxylation sites is 1. The van der Waals surface area contributed by atoms with E-state index in [1.54, 1.807) is 18.2 Å². The van der Waals surface area contributed by atoms with Gasteiger partial charge in [0.15, 0.2) is 0 Å². The van der Waals surface area contributed by atoms with Gasteiger partial charge in [0.1, 0.15) is 5.52 Å². The monoisotopic (exact) mass is 361 g/mol. The van der Waals surface area contributed by atoms with Crippen molar-refractivity contribution in [2.24, 2.45) is 0 Å². The third kappa shape index (κ3) is 3.03. The molecule has 0 aliphatic rings. The van der Waals surface area contributed by atoms with E-state index in [-0.39, 0.29) is 5.56 Å². The van der Waals surface area contributed by atoms with Gasteiger partial charge in [0.2, 0.25) is 5.16 Å². The van der Waals surface area contributed by atoms with Crippen LogP contribution >= 0.6 is 27.7 Å². The van der Waals surface area contributed by atoms with Crippen LogP contribution in [0.25, 0.3) is 11.0 Å². The number of benzene rings is 2. The Kier molecular flexibility index (Phi) is 3.85. The van der Waals surface area contributed by atoms with Crippen LogP contribution in [-0.2, 0) is 0 Å². The number of hydrogen-bond donors (Lipinski definition) is 1. The standard InChI is InChI=1S/C14H8BrN3O2S/c15-10-6-5-8(7-9(10)13(19)20)21-14-16-11-3-1-2-4-12(11)17-18-14/h1-7H,(H,19,20). The molecule has 21 heavy (non-hydrogen) atoms. The van der Waals surface area contributed by atoms with Crippen molar-refractivity contribution in [3.63, 3.8) is 0 Å². The first-order chi connectivity index (χ1) is 10.1. The SMILES string of the molecule is O=C(O)c1cc(Sc2nnc3ccccc3n2)ccc1Br. The fourth-order valence-corrected chi connectivity index (χ4v) is 2.91. The summed E-state index contributed by atoms with van der Waals surface area (Å²) in [5.41, 5.74) is 1.68. The molecule has 0 spiro atoms. The molecule has 0 unspecified atom stereocenters. The van der Waals surface area contributed by atoms with Crippen LogP contribution in [0.5, 0.6) is 0 Å². The smallest absolute Gasteiger partial charge is 0.336 e. The van der Waals surface area contributed by atoms with Crippen LogP contribution in [0.1, 0.15) is 10.4 Å². The van der Waals surface area contributed by atoms with Gasteiger partial charge in [-0.25, -0.2) is 9.78 Å². The minimum atomic E-state index is -0.984. The van der Waals surface area contributed by atoms with Gasteiger partial charge in [-0.1, -0.05) is 12.1 Å². The molecular formula is C14H8BrN3O2S. The highest BCUT2D eigenvalue weighted by Gasteiger charge is 2.11. The van der Waals surface area contributed by atoms with Crippen LogP contribution in [0.4, 0.5) is 0 Å². The number of rotatable bonds is 3. The lowest BCUT2D eigenvalue weighted by Crippen LogP contribution is -1.98. The van der Waals surface area contributed by atoms with Crippen molar-refractivity contribution in [1.29, 1.82) is 0 Å². The Morgan fingerprint density at radius 1 is 1.10 bits per heavy atom. The number of carboxylic acid groups (broad SMARTS) is 1. The Morgan fingerprint density at radius 3 is 2.62 bits per heavy atom. The van der Waals surface area contributed by atoms with Crippen LogP contribution in [-0.4, -0.2) is 26.3 Å². The van der Waals surface area contributed by atoms with Crippen molar-refractivity contribution >= 4 is 44.7 Å². The van der Waals surface area contributed by atoms with Gasteiger partial charge in [0.05, 0.1) is 11.1 Å². The molecule has 0 amide bonds. The van der Waals surface area contributed by atoms with E-state index in [9.17, 15) is 4.79 Å². The number of halogens is 1. The quantitative estimate of drug-likeness (QED) is 0.767. The molecule has 0 bridgehead atoms. The largest absolute Gasteiger partial charge is 0.478 e. The van der Waals surface area contributed by atoms with Gasteiger partial charge in [-0.15, -0.1) is 10.2 Å². The maximum Gasteiger partial charge on any atom is 0.336 e. The summed E-state index contributed by atoms with van der Waals surface area (Å²) in [5, 5.41) is 17.7. The van der Waals surface area contributed by atoms with Gasteiger partial charge in [0, 0.05) is 9.37 Å². The first-order valence-electron chi connectivity index (χ1n) is 5.93. The van der Waals surface area contributed by atoms with Gasteiger partial charge in [-0.3, -0.25) is 0 Å². The van der Waals surface area contributed by atoms with Crippen molar-refractivity contribution < 1.29 is 9.90 Å². The molecule has 5 nitrogen and oxygen atoms in total. The second-order valence-corrected chi connectivity index (χ2v) is 6.03. The molecular weight excluding hydrogens is 354 g/mol. The number of aromatic carboxylic acids is 1. The summed E-state index contributed by atoms with van der Waals surface area (Å²) in [6.45, 7) is 0. The molecule has 0 aliphatic heterocycles. The molecule has 1 heterocycles. The summed E-state index contributed by atoms with van der Waals surface area (Å²) < 4.78 is 0.539. The number of carboxylic acids is 1. The van der Waals surface area contributed by atoms with Crippen molar-refractivity contribution in [3.8, 4) is 0 Å². The summed E-state index contributed by atoms with van der Waals surface area (Å²) in [5.74, 6) is -0.984. The highest BCUT2D eigenvalue weighted by molar-refractivity contribution is 9.10. The molecule has 0 aliphatic carbocycles. The number of aromatic nitrogens is 3. The van der Waals surface area contributed by atoms with Crippen LogP contribution in [0.2, 0.25) is 0 Å². The Balaban J connectivity index is 1.94. The predicted molar refractivity (Wildman–Crippen MR) is 82.6 cm³/mol. The zero-order valence-electron chi connectivity index (χ0n) is 10.5. The summed E-state index contributed by atoms with van der Waals surface area (Å²) >= 11 is 4.49. The molecule has 104 valence electrons. The van der Waals surface area contributed by atoms with Gasteiger partial charge in [-0.05, 0) is 58.0 Å². The fourth-order valence-electron chi connectivity index (χ4n) is 1.75. The van der Waals surface area contributed by atoms with E-state index in [1.165, 1.54) is 11.8 Å². The van der Waals surface area contributed by atoms with E-state index >= 15 is 0 Å². The number of nitrogens with zero attached hydrogens (tertiary/aromatic N) is 3. The van der Waals surface area contributed by atoms with Crippen molar-refractivity contribution in [3.05, 3.63) is 52.5 Å². The number of carbonyl (C=O) groups is 1. The van der Waals surface area contributed by atoms with Gasteiger partial charge >= 0.3 is 5.97 Å². The topological polar surface area (TPSA) is 76.0 Å². The lowest BCUT2D eigenvalue weighted by molar-refractivity contribution is 0.0695. The third-order valence-corrected chi connectivity index (χ3v) is 4.26. The average Bonchev–Trinajstić information content (AvgIpc) is 2.49. The van der Waals surface area contributed by atoms with E-state index in [2.05, 4.69) is 31.1 Å². The molecule has 0 saturated heterocycles.